The maximum Gasteiger partial charge on any atom is 0.292 e. The van der Waals surface area contributed by atoms with Gasteiger partial charge < -0.3 is 20.5 Å². The van der Waals surface area contributed by atoms with E-state index in [1.807, 2.05) is 0 Å². The topological polar surface area (TPSA) is 117 Å². The Morgan fingerprint density at radius 1 is 1.38 bits per heavy atom. The number of nitrogens with two attached hydrogens (primary N) is 1. The Morgan fingerprint density at radius 3 is 2.81 bits per heavy atom. The van der Waals surface area contributed by atoms with Crippen molar-refractivity contribution >= 4 is 17.3 Å². The van der Waals surface area contributed by atoms with Gasteiger partial charge in [0, 0.05) is 26.3 Å². The first-order valence-electron chi connectivity index (χ1n) is 6.45. The number of nitro benzene ring substituents is 1. The maximum atomic E-state index is 11.9. The Balaban J connectivity index is 2.42. The van der Waals surface area contributed by atoms with Crippen LogP contribution in [0.5, 0.6) is 0 Å². The van der Waals surface area contributed by atoms with Crippen LogP contribution in [0, 0.1) is 10.1 Å². The Hall–Kier alpha value is -2.19. The van der Waals surface area contributed by atoms with Crippen LogP contribution in [0.3, 0.4) is 0 Å². The molecule has 0 fully saturated rings. The van der Waals surface area contributed by atoms with E-state index in [4.69, 9.17) is 15.2 Å². The minimum atomic E-state index is -0.615. The van der Waals surface area contributed by atoms with Crippen molar-refractivity contribution in [2.24, 2.45) is 0 Å². The fraction of sp³-hybridized carbons (Fsp3) is 0.462. The SMILES string of the molecule is COCCOCCCNC(=O)c1cccc([N+](=O)[O-])c1N. The van der Waals surface area contributed by atoms with Crippen molar-refractivity contribution in [2.45, 2.75) is 6.42 Å². The molecule has 21 heavy (non-hydrogen) atoms. The summed E-state index contributed by atoms with van der Waals surface area (Å²) in [4.78, 5) is 22.0. The molecule has 0 atom stereocenters. The second-order valence-electron chi connectivity index (χ2n) is 4.21. The summed E-state index contributed by atoms with van der Waals surface area (Å²) in [5, 5.41) is 13.4. The van der Waals surface area contributed by atoms with Gasteiger partial charge in [-0.15, -0.1) is 0 Å². The van der Waals surface area contributed by atoms with Crippen LogP contribution in [-0.4, -0.2) is 44.3 Å². The predicted molar refractivity (Wildman–Crippen MR) is 77.2 cm³/mol. The number of nitro groups is 1. The number of carbonyl (C=O) groups excluding carboxylic acids is 1. The fourth-order valence-corrected chi connectivity index (χ4v) is 1.63. The average molecular weight is 297 g/mol. The highest BCUT2D eigenvalue weighted by atomic mass is 16.6. The van der Waals surface area contributed by atoms with Gasteiger partial charge in [0.25, 0.3) is 11.6 Å². The van der Waals surface area contributed by atoms with Gasteiger partial charge in [0.2, 0.25) is 0 Å². The van der Waals surface area contributed by atoms with Crippen LogP contribution in [0.4, 0.5) is 11.4 Å². The quantitative estimate of drug-likeness (QED) is 0.303. The van der Waals surface area contributed by atoms with Crippen LogP contribution in [0.25, 0.3) is 0 Å². The maximum absolute atomic E-state index is 11.9. The number of ether oxygens (including phenoxy) is 2. The van der Waals surface area contributed by atoms with Crippen LogP contribution in [-0.2, 0) is 9.47 Å². The Morgan fingerprint density at radius 2 is 2.14 bits per heavy atom. The van der Waals surface area contributed by atoms with Gasteiger partial charge in [-0.3, -0.25) is 14.9 Å². The molecule has 1 amide bonds. The first kappa shape index (κ1) is 16.9. The minimum absolute atomic E-state index is 0.101. The summed E-state index contributed by atoms with van der Waals surface area (Å²) in [6.07, 6.45) is 0.629. The van der Waals surface area contributed by atoms with Crippen molar-refractivity contribution < 1.29 is 19.2 Å². The van der Waals surface area contributed by atoms with Crippen LogP contribution in [0.1, 0.15) is 16.8 Å². The first-order valence-corrected chi connectivity index (χ1v) is 6.45. The Kier molecular flexibility index (Phi) is 7.13. The van der Waals surface area contributed by atoms with Crippen molar-refractivity contribution in [3.63, 3.8) is 0 Å². The van der Waals surface area contributed by atoms with E-state index in [2.05, 4.69) is 5.32 Å². The predicted octanol–water partition coefficient (Wildman–Crippen LogP) is 0.960. The zero-order valence-corrected chi connectivity index (χ0v) is 11.8. The second kappa shape index (κ2) is 8.88. The number of rotatable bonds is 9. The van der Waals surface area contributed by atoms with Crippen LogP contribution >= 0.6 is 0 Å². The van der Waals surface area contributed by atoms with Gasteiger partial charge in [-0.05, 0) is 12.5 Å². The van der Waals surface area contributed by atoms with Gasteiger partial charge in [0.15, 0.2) is 0 Å². The number of carbonyl (C=O) groups is 1. The van der Waals surface area contributed by atoms with E-state index in [0.717, 1.165) is 0 Å². The van der Waals surface area contributed by atoms with E-state index < -0.39 is 10.8 Å². The average Bonchev–Trinajstić information content (AvgIpc) is 2.46. The van der Waals surface area contributed by atoms with Gasteiger partial charge in [-0.1, -0.05) is 6.07 Å². The standard InChI is InChI=1S/C13H19N3O5/c1-20-8-9-21-7-3-6-15-13(17)10-4-2-5-11(12(10)14)16(18)19/h2,4-5H,3,6-9,14H2,1H3,(H,15,17). The fourth-order valence-electron chi connectivity index (χ4n) is 1.63. The number of hydrogen-bond donors (Lipinski definition) is 2. The molecule has 3 N–H and O–H groups in total. The van der Waals surface area contributed by atoms with Gasteiger partial charge in [0.1, 0.15) is 5.69 Å². The second-order valence-corrected chi connectivity index (χ2v) is 4.21. The van der Waals surface area contributed by atoms with Crippen molar-refractivity contribution in [2.75, 3.05) is 39.2 Å². The summed E-state index contributed by atoms with van der Waals surface area (Å²) >= 11 is 0. The number of nitrogens with one attached hydrogen (secondary N) is 1. The third kappa shape index (κ3) is 5.36. The molecule has 0 aliphatic carbocycles. The largest absolute Gasteiger partial charge is 0.393 e. The molecule has 0 saturated heterocycles. The van der Waals surface area contributed by atoms with E-state index >= 15 is 0 Å². The molecule has 0 aromatic heterocycles. The zero-order valence-electron chi connectivity index (χ0n) is 11.8. The van der Waals surface area contributed by atoms with E-state index in [1.54, 1.807) is 7.11 Å². The van der Waals surface area contributed by atoms with E-state index in [9.17, 15) is 14.9 Å². The highest BCUT2D eigenvalue weighted by Gasteiger charge is 2.18. The molecule has 116 valence electrons. The molecule has 8 nitrogen and oxygen atoms in total. The van der Waals surface area contributed by atoms with Crippen molar-refractivity contribution in [1.29, 1.82) is 0 Å². The van der Waals surface area contributed by atoms with Gasteiger partial charge in [-0.2, -0.15) is 0 Å². The van der Waals surface area contributed by atoms with E-state index in [-0.39, 0.29) is 16.9 Å². The first-order chi connectivity index (χ1) is 10.1. The lowest BCUT2D eigenvalue weighted by Gasteiger charge is -2.08. The van der Waals surface area contributed by atoms with E-state index in [0.29, 0.717) is 32.8 Å². The number of para-hydroxylation sites is 1. The summed E-state index contributed by atoms with van der Waals surface area (Å²) in [6, 6.07) is 4.14. The third-order valence-corrected chi connectivity index (χ3v) is 2.71. The summed E-state index contributed by atoms with van der Waals surface area (Å²) in [6.45, 7) is 1.92. The van der Waals surface area contributed by atoms with Crippen LogP contribution in [0.2, 0.25) is 0 Å². The van der Waals surface area contributed by atoms with E-state index in [1.165, 1.54) is 18.2 Å². The zero-order chi connectivity index (χ0) is 15.7. The minimum Gasteiger partial charge on any atom is -0.393 e. The highest BCUT2D eigenvalue weighted by molar-refractivity contribution is 6.00. The number of amides is 1. The Bertz CT molecular complexity index is 493. The molecule has 1 rings (SSSR count). The molecular weight excluding hydrogens is 278 g/mol. The molecule has 1 aromatic carbocycles. The molecule has 0 spiro atoms. The number of benzene rings is 1. The highest BCUT2D eigenvalue weighted by Crippen LogP contribution is 2.24. The summed E-state index contributed by atoms with van der Waals surface area (Å²) in [5.41, 5.74) is 5.33. The lowest BCUT2D eigenvalue weighted by molar-refractivity contribution is -0.383. The van der Waals surface area contributed by atoms with Crippen molar-refractivity contribution in [3.8, 4) is 0 Å². The van der Waals surface area contributed by atoms with Gasteiger partial charge in [0.05, 0.1) is 23.7 Å². The van der Waals surface area contributed by atoms with Gasteiger partial charge >= 0.3 is 0 Å². The van der Waals surface area contributed by atoms with Crippen LogP contribution < -0.4 is 11.1 Å². The number of nitrogen functional groups attached to an aromatic ring is 1. The molecule has 1 aromatic rings. The third-order valence-electron chi connectivity index (χ3n) is 2.71. The summed E-state index contributed by atoms with van der Waals surface area (Å²) in [7, 11) is 1.59. The van der Waals surface area contributed by atoms with Crippen LogP contribution in [0.15, 0.2) is 18.2 Å². The lowest BCUT2D eigenvalue weighted by Crippen LogP contribution is -2.26. The molecule has 0 aliphatic rings. The van der Waals surface area contributed by atoms with Crippen molar-refractivity contribution in [3.05, 3.63) is 33.9 Å². The normalized spacial score (nSPS) is 10.3. The number of hydrogen-bond acceptors (Lipinski definition) is 6. The molecule has 0 saturated carbocycles. The molecule has 0 unspecified atom stereocenters. The van der Waals surface area contributed by atoms with Gasteiger partial charge in [-0.25, -0.2) is 0 Å². The monoisotopic (exact) mass is 297 g/mol. The number of methoxy groups -OCH3 is 1. The molecule has 0 aliphatic heterocycles. The Labute approximate surface area is 122 Å². The smallest absolute Gasteiger partial charge is 0.292 e. The summed E-state index contributed by atoms with van der Waals surface area (Å²) in [5.74, 6) is -0.437. The number of nitrogens with zero attached hydrogens (tertiary/aromatic N) is 1. The number of anilines is 1. The lowest BCUT2D eigenvalue weighted by atomic mass is 10.1. The molecule has 8 heteroatoms. The molecule has 0 bridgehead atoms. The molecular formula is C13H19N3O5. The van der Waals surface area contributed by atoms with Crippen molar-refractivity contribution in [1.82, 2.24) is 5.32 Å². The summed E-state index contributed by atoms with van der Waals surface area (Å²) < 4.78 is 10.1. The molecule has 0 heterocycles. The molecule has 0 radical (unpaired) electrons.